The van der Waals surface area contributed by atoms with Crippen molar-refractivity contribution in [3.63, 3.8) is 0 Å². The number of hydrogen-bond donors (Lipinski definition) is 1. The number of rotatable bonds is 9. The minimum Gasteiger partial charge on any atom is -0.468 e. The van der Waals surface area contributed by atoms with Crippen LogP contribution in [0.2, 0.25) is 0 Å². The van der Waals surface area contributed by atoms with Gasteiger partial charge in [-0.05, 0) is 37.5 Å². The second-order valence-corrected chi connectivity index (χ2v) is 9.59. The first-order valence-corrected chi connectivity index (χ1v) is 11.8. The Labute approximate surface area is 181 Å². The van der Waals surface area contributed by atoms with Crippen molar-refractivity contribution in [3.8, 4) is 5.75 Å². The Morgan fingerprint density at radius 2 is 1.87 bits per heavy atom. The van der Waals surface area contributed by atoms with Crippen LogP contribution in [0.1, 0.15) is 24.0 Å². The number of carbonyl (C=O) groups excluding carboxylic acids is 2. The summed E-state index contributed by atoms with van der Waals surface area (Å²) in [5, 5.41) is 3.90. The molecule has 2 atom stereocenters. The van der Waals surface area contributed by atoms with E-state index in [4.69, 9.17) is 9.36 Å². The van der Waals surface area contributed by atoms with Gasteiger partial charge in [0.2, 0.25) is 0 Å². The van der Waals surface area contributed by atoms with Gasteiger partial charge in [-0.3, -0.25) is 19.0 Å². The molecule has 1 fully saturated rings. The molecule has 1 amide bonds. The van der Waals surface area contributed by atoms with Crippen LogP contribution in [0, 0.1) is 6.92 Å². The highest BCUT2D eigenvalue weighted by atomic mass is 31.2. The molecular weight excluding hydrogens is 419 g/mol. The van der Waals surface area contributed by atoms with Crippen molar-refractivity contribution in [1.29, 1.82) is 0 Å². The molecule has 8 nitrogen and oxygen atoms in total. The van der Waals surface area contributed by atoms with Crippen molar-refractivity contribution in [2.24, 2.45) is 0 Å². The predicted octanol–water partition coefficient (Wildman–Crippen LogP) is 3.45. The quantitative estimate of drug-likeness (QED) is 0.466. The van der Waals surface area contributed by atoms with E-state index in [9.17, 15) is 14.2 Å². The Morgan fingerprint density at radius 1 is 1.16 bits per heavy atom. The number of esters is 1. The Kier molecular flexibility index (Phi) is 7.85. The van der Waals surface area contributed by atoms with Crippen LogP contribution < -0.4 is 9.61 Å². The Bertz CT molecular complexity index is 935. The molecular formula is C22H27N2O6P. The Morgan fingerprint density at radius 3 is 2.55 bits per heavy atom. The molecule has 2 aromatic rings. The number of hydrogen-bond acceptors (Lipinski definition) is 6. The summed E-state index contributed by atoms with van der Waals surface area (Å²) in [6, 6.07) is 16.5. The van der Waals surface area contributed by atoms with Gasteiger partial charge >= 0.3 is 13.5 Å². The summed E-state index contributed by atoms with van der Waals surface area (Å²) < 4.78 is 24.3. The summed E-state index contributed by atoms with van der Waals surface area (Å²) in [7, 11) is -2.57. The molecule has 0 aromatic heterocycles. The van der Waals surface area contributed by atoms with Crippen LogP contribution in [0.5, 0.6) is 5.75 Å². The molecule has 1 aliphatic heterocycles. The van der Waals surface area contributed by atoms with Crippen molar-refractivity contribution >= 4 is 19.4 Å². The van der Waals surface area contributed by atoms with E-state index in [2.05, 4.69) is 9.82 Å². The standard InChI is InChI=1S/C22H27N2O6P/c1-17-10-12-19(13-11-17)30-31(27,23-15-21(25)28-2)20-9-6-14-24(22(20)26)29-16-18-7-4-3-5-8-18/h3-5,7-8,10-13,20H,6,9,14-16H2,1-2H3,(H,23,27). The summed E-state index contributed by atoms with van der Waals surface area (Å²) in [5.74, 6) is -0.690. The third kappa shape index (κ3) is 6.17. The van der Waals surface area contributed by atoms with E-state index in [1.165, 1.54) is 12.2 Å². The van der Waals surface area contributed by atoms with Crippen molar-refractivity contribution in [2.75, 3.05) is 20.2 Å². The van der Waals surface area contributed by atoms with Crippen molar-refractivity contribution in [1.82, 2.24) is 10.2 Å². The van der Waals surface area contributed by atoms with Crippen LogP contribution in [-0.4, -0.2) is 42.8 Å². The number of nitrogens with one attached hydrogen (secondary N) is 1. The van der Waals surface area contributed by atoms with E-state index in [1.54, 1.807) is 12.1 Å². The predicted molar refractivity (Wildman–Crippen MR) is 115 cm³/mol. The highest BCUT2D eigenvalue weighted by Gasteiger charge is 2.45. The average molecular weight is 446 g/mol. The van der Waals surface area contributed by atoms with Gasteiger partial charge < -0.3 is 9.26 Å². The first kappa shape index (κ1) is 23.0. The third-order valence-electron chi connectivity index (χ3n) is 4.94. The monoisotopic (exact) mass is 446 g/mol. The fourth-order valence-corrected chi connectivity index (χ4v) is 5.35. The van der Waals surface area contributed by atoms with Gasteiger partial charge in [0.05, 0.1) is 7.11 Å². The number of amides is 1. The van der Waals surface area contributed by atoms with E-state index < -0.39 is 25.1 Å². The fraction of sp³-hybridized carbons (Fsp3) is 0.364. The number of nitrogens with zero attached hydrogens (tertiary/aromatic N) is 1. The van der Waals surface area contributed by atoms with Crippen LogP contribution >= 0.6 is 7.52 Å². The van der Waals surface area contributed by atoms with Gasteiger partial charge in [-0.25, -0.2) is 10.2 Å². The van der Waals surface area contributed by atoms with E-state index >= 15 is 0 Å². The fourth-order valence-electron chi connectivity index (χ4n) is 3.21. The van der Waals surface area contributed by atoms with Crippen LogP contribution in [0.25, 0.3) is 0 Å². The Balaban J connectivity index is 1.77. The second-order valence-electron chi connectivity index (χ2n) is 7.27. The highest BCUT2D eigenvalue weighted by Crippen LogP contribution is 2.51. The molecule has 1 saturated heterocycles. The lowest BCUT2D eigenvalue weighted by Crippen LogP contribution is -2.46. The minimum absolute atomic E-state index is 0.220. The van der Waals surface area contributed by atoms with Gasteiger partial charge in [-0.1, -0.05) is 48.0 Å². The molecule has 31 heavy (non-hydrogen) atoms. The SMILES string of the molecule is COC(=O)CNP(=O)(Oc1ccc(C)cc1)C1CCCN(OCc2ccccc2)C1=O. The van der Waals surface area contributed by atoms with Crippen LogP contribution in [0.4, 0.5) is 0 Å². The molecule has 0 saturated carbocycles. The molecule has 1 N–H and O–H groups in total. The zero-order valence-electron chi connectivity index (χ0n) is 17.7. The minimum atomic E-state index is -3.81. The molecule has 2 unspecified atom stereocenters. The summed E-state index contributed by atoms with van der Waals surface area (Å²) in [6.07, 6.45) is 0.938. The topological polar surface area (TPSA) is 94.2 Å². The average Bonchev–Trinajstić information content (AvgIpc) is 2.79. The number of ether oxygens (including phenoxy) is 1. The lowest BCUT2D eigenvalue weighted by Gasteiger charge is -2.35. The van der Waals surface area contributed by atoms with Gasteiger partial charge in [0.15, 0.2) is 0 Å². The lowest BCUT2D eigenvalue weighted by molar-refractivity contribution is -0.196. The Hall–Kier alpha value is -2.67. The van der Waals surface area contributed by atoms with Crippen LogP contribution in [0.15, 0.2) is 54.6 Å². The molecule has 3 rings (SSSR count). The number of piperidine rings is 1. The first-order chi connectivity index (χ1) is 14.9. The van der Waals surface area contributed by atoms with Crippen molar-refractivity contribution in [2.45, 2.75) is 32.0 Å². The van der Waals surface area contributed by atoms with E-state index in [-0.39, 0.29) is 13.2 Å². The van der Waals surface area contributed by atoms with Gasteiger partial charge in [0.1, 0.15) is 24.6 Å². The van der Waals surface area contributed by atoms with E-state index in [0.717, 1.165) is 11.1 Å². The highest BCUT2D eigenvalue weighted by molar-refractivity contribution is 7.59. The summed E-state index contributed by atoms with van der Waals surface area (Å²) in [5.41, 5.74) is 0.947. The smallest absolute Gasteiger partial charge is 0.329 e. The summed E-state index contributed by atoms with van der Waals surface area (Å²) in [6.45, 7) is 2.20. The molecule has 2 aromatic carbocycles. The molecule has 9 heteroatoms. The second kappa shape index (κ2) is 10.6. The van der Waals surface area contributed by atoms with Crippen molar-refractivity contribution < 1.29 is 28.3 Å². The van der Waals surface area contributed by atoms with Gasteiger partial charge in [0.25, 0.3) is 5.91 Å². The molecule has 0 spiro atoms. The molecule has 0 aliphatic carbocycles. The van der Waals surface area contributed by atoms with Crippen molar-refractivity contribution in [3.05, 3.63) is 65.7 Å². The molecule has 1 aliphatic rings. The van der Waals surface area contributed by atoms with Crippen LogP contribution in [-0.2, 0) is 30.3 Å². The van der Waals surface area contributed by atoms with E-state index in [0.29, 0.717) is 25.1 Å². The lowest BCUT2D eigenvalue weighted by atomic mass is 10.1. The largest absolute Gasteiger partial charge is 0.468 e. The van der Waals surface area contributed by atoms with Gasteiger partial charge in [-0.15, -0.1) is 0 Å². The van der Waals surface area contributed by atoms with Gasteiger partial charge in [-0.2, -0.15) is 0 Å². The maximum Gasteiger partial charge on any atom is 0.329 e. The number of hydroxylamine groups is 2. The number of methoxy groups -OCH3 is 1. The first-order valence-electron chi connectivity index (χ1n) is 10.1. The maximum atomic E-state index is 13.8. The number of benzene rings is 2. The number of carbonyl (C=O) groups is 2. The van der Waals surface area contributed by atoms with E-state index in [1.807, 2.05) is 49.4 Å². The van der Waals surface area contributed by atoms with Crippen LogP contribution in [0.3, 0.4) is 0 Å². The van der Waals surface area contributed by atoms with Gasteiger partial charge in [0, 0.05) is 6.54 Å². The molecule has 0 bridgehead atoms. The normalized spacial score (nSPS) is 18.3. The zero-order valence-corrected chi connectivity index (χ0v) is 18.5. The zero-order chi connectivity index (χ0) is 22.3. The number of aryl methyl sites for hydroxylation is 1. The molecule has 0 radical (unpaired) electrons. The molecule has 166 valence electrons. The summed E-state index contributed by atoms with van der Waals surface area (Å²) >= 11 is 0. The molecule has 1 heterocycles. The third-order valence-corrected chi connectivity index (χ3v) is 7.32. The maximum absolute atomic E-state index is 13.8. The summed E-state index contributed by atoms with van der Waals surface area (Å²) in [4.78, 5) is 30.5.